The third-order valence-electron chi connectivity index (χ3n) is 3.38. The molecular formula is C16H14BrN5O3S2. The molecule has 0 bridgehead atoms. The SMILES string of the molecule is NS(=O)(=O)c1ccc(NC(=O)CSc2n[nH]c(-c3ccc(Br)cc3)n2)cc1. The van der Waals surface area contributed by atoms with Gasteiger partial charge < -0.3 is 5.32 Å². The Morgan fingerprint density at radius 2 is 1.81 bits per heavy atom. The molecule has 1 heterocycles. The number of carbonyl (C=O) groups excluding carboxylic acids is 1. The molecule has 2 aromatic carbocycles. The summed E-state index contributed by atoms with van der Waals surface area (Å²) in [6, 6.07) is 13.2. The molecule has 0 aliphatic carbocycles. The summed E-state index contributed by atoms with van der Waals surface area (Å²) < 4.78 is 23.4. The van der Waals surface area contributed by atoms with Crippen molar-refractivity contribution >= 4 is 49.3 Å². The first-order chi connectivity index (χ1) is 12.8. The Balaban J connectivity index is 1.56. The third-order valence-corrected chi connectivity index (χ3v) is 5.69. The van der Waals surface area contributed by atoms with Crippen LogP contribution in [0.25, 0.3) is 11.4 Å². The van der Waals surface area contributed by atoms with Crippen LogP contribution in [0.3, 0.4) is 0 Å². The van der Waals surface area contributed by atoms with Gasteiger partial charge >= 0.3 is 0 Å². The Kier molecular flexibility index (Phi) is 5.95. The Labute approximate surface area is 168 Å². The molecule has 0 fully saturated rings. The number of H-pyrrole nitrogens is 1. The number of sulfonamides is 1. The lowest BCUT2D eigenvalue weighted by Crippen LogP contribution is -2.15. The first-order valence-electron chi connectivity index (χ1n) is 7.55. The molecule has 11 heteroatoms. The van der Waals surface area contributed by atoms with Crippen molar-refractivity contribution in [3.05, 3.63) is 53.0 Å². The first-order valence-corrected chi connectivity index (χ1v) is 10.9. The first kappa shape index (κ1) is 19.5. The molecule has 0 atom stereocenters. The predicted molar refractivity (Wildman–Crippen MR) is 107 cm³/mol. The maximum Gasteiger partial charge on any atom is 0.238 e. The van der Waals surface area contributed by atoms with Gasteiger partial charge in [0, 0.05) is 15.7 Å². The number of carbonyl (C=O) groups is 1. The van der Waals surface area contributed by atoms with Crippen LogP contribution >= 0.6 is 27.7 Å². The molecule has 1 aromatic heterocycles. The summed E-state index contributed by atoms with van der Waals surface area (Å²) in [6.45, 7) is 0. The molecule has 27 heavy (non-hydrogen) atoms. The second kappa shape index (κ2) is 8.21. The number of anilines is 1. The number of nitrogens with one attached hydrogen (secondary N) is 2. The van der Waals surface area contributed by atoms with Gasteiger partial charge in [-0.05, 0) is 36.4 Å². The number of hydrogen-bond acceptors (Lipinski definition) is 6. The van der Waals surface area contributed by atoms with Crippen LogP contribution in [0, 0.1) is 0 Å². The van der Waals surface area contributed by atoms with Gasteiger partial charge in [-0.15, -0.1) is 5.10 Å². The molecule has 0 aliphatic heterocycles. The highest BCUT2D eigenvalue weighted by Gasteiger charge is 2.11. The van der Waals surface area contributed by atoms with Gasteiger partial charge in [0.25, 0.3) is 0 Å². The van der Waals surface area contributed by atoms with Gasteiger partial charge in [-0.3, -0.25) is 9.89 Å². The zero-order valence-electron chi connectivity index (χ0n) is 13.7. The Morgan fingerprint density at radius 3 is 2.44 bits per heavy atom. The smallest absolute Gasteiger partial charge is 0.238 e. The van der Waals surface area contributed by atoms with Crippen molar-refractivity contribution in [2.75, 3.05) is 11.1 Å². The number of hydrogen-bond donors (Lipinski definition) is 3. The summed E-state index contributed by atoms with van der Waals surface area (Å²) in [5, 5.41) is 15.1. The predicted octanol–water partition coefficient (Wildman–Crippen LogP) is 2.61. The van der Waals surface area contributed by atoms with E-state index in [1.165, 1.54) is 36.0 Å². The summed E-state index contributed by atoms with van der Waals surface area (Å²) in [7, 11) is -3.76. The molecule has 3 rings (SSSR count). The van der Waals surface area contributed by atoms with Crippen molar-refractivity contribution in [1.29, 1.82) is 0 Å². The standard InChI is InChI=1S/C16H14BrN5O3S2/c17-11-3-1-10(2-4-11)15-20-16(22-21-15)26-9-14(23)19-12-5-7-13(8-6-12)27(18,24)25/h1-8H,9H2,(H,19,23)(H2,18,24,25)(H,20,21,22). The van der Waals surface area contributed by atoms with Crippen molar-refractivity contribution in [3.63, 3.8) is 0 Å². The van der Waals surface area contributed by atoms with Crippen LogP contribution in [-0.2, 0) is 14.8 Å². The zero-order chi connectivity index (χ0) is 19.4. The number of thioether (sulfide) groups is 1. The van der Waals surface area contributed by atoms with E-state index in [0.29, 0.717) is 16.7 Å². The monoisotopic (exact) mass is 467 g/mol. The molecule has 140 valence electrons. The number of rotatable bonds is 6. The number of halogens is 1. The van der Waals surface area contributed by atoms with E-state index < -0.39 is 10.0 Å². The van der Waals surface area contributed by atoms with Gasteiger partial charge in [-0.1, -0.05) is 39.8 Å². The molecular weight excluding hydrogens is 454 g/mol. The summed E-state index contributed by atoms with van der Waals surface area (Å²) >= 11 is 4.56. The average molecular weight is 468 g/mol. The number of nitrogens with zero attached hydrogens (tertiary/aromatic N) is 2. The zero-order valence-corrected chi connectivity index (χ0v) is 16.9. The summed E-state index contributed by atoms with van der Waals surface area (Å²) in [5.74, 6) is 0.455. The second-order valence-electron chi connectivity index (χ2n) is 5.38. The quantitative estimate of drug-likeness (QED) is 0.477. The number of aromatic nitrogens is 3. The number of primary sulfonamides is 1. The lowest BCUT2D eigenvalue weighted by Gasteiger charge is -2.05. The largest absolute Gasteiger partial charge is 0.325 e. The fourth-order valence-electron chi connectivity index (χ4n) is 2.10. The number of benzene rings is 2. The highest BCUT2D eigenvalue weighted by molar-refractivity contribution is 9.10. The van der Waals surface area contributed by atoms with Crippen LogP contribution in [0.5, 0.6) is 0 Å². The minimum absolute atomic E-state index is 0.0175. The van der Waals surface area contributed by atoms with Crippen LogP contribution < -0.4 is 10.5 Å². The van der Waals surface area contributed by atoms with E-state index in [-0.39, 0.29) is 16.6 Å². The molecule has 0 aliphatic rings. The van der Waals surface area contributed by atoms with Crippen LogP contribution in [0.1, 0.15) is 0 Å². The van der Waals surface area contributed by atoms with Gasteiger partial charge in [-0.25, -0.2) is 18.5 Å². The van der Waals surface area contributed by atoms with E-state index in [4.69, 9.17) is 5.14 Å². The maximum atomic E-state index is 12.0. The highest BCUT2D eigenvalue weighted by Crippen LogP contribution is 2.21. The lowest BCUT2D eigenvalue weighted by molar-refractivity contribution is -0.113. The van der Waals surface area contributed by atoms with Crippen LogP contribution in [-0.4, -0.2) is 35.3 Å². The second-order valence-corrected chi connectivity index (χ2v) is 8.80. The fourth-order valence-corrected chi connectivity index (χ4v) is 3.48. The number of nitrogens with two attached hydrogens (primary N) is 1. The Bertz CT molecular complexity index is 1050. The maximum absolute atomic E-state index is 12.0. The molecule has 4 N–H and O–H groups in total. The molecule has 0 radical (unpaired) electrons. The molecule has 0 unspecified atom stereocenters. The number of aromatic amines is 1. The minimum Gasteiger partial charge on any atom is -0.325 e. The lowest BCUT2D eigenvalue weighted by atomic mass is 10.2. The number of amides is 1. The van der Waals surface area contributed by atoms with E-state index >= 15 is 0 Å². The van der Waals surface area contributed by atoms with Crippen molar-refractivity contribution in [3.8, 4) is 11.4 Å². The third kappa shape index (κ3) is 5.39. The van der Waals surface area contributed by atoms with E-state index in [1.54, 1.807) is 0 Å². The van der Waals surface area contributed by atoms with Gasteiger partial charge in [0.2, 0.25) is 21.1 Å². The molecule has 3 aromatic rings. The Hall–Kier alpha value is -2.21. The van der Waals surface area contributed by atoms with E-state index in [0.717, 1.165) is 10.0 Å². The van der Waals surface area contributed by atoms with Crippen LogP contribution in [0.15, 0.2) is 63.1 Å². The van der Waals surface area contributed by atoms with Gasteiger partial charge in [-0.2, -0.15) is 0 Å². The Morgan fingerprint density at radius 1 is 1.15 bits per heavy atom. The van der Waals surface area contributed by atoms with Gasteiger partial charge in [0.1, 0.15) is 0 Å². The average Bonchev–Trinajstić information content (AvgIpc) is 3.09. The molecule has 8 nitrogen and oxygen atoms in total. The summed E-state index contributed by atoms with van der Waals surface area (Å²) in [6.07, 6.45) is 0. The molecule has 0 saturated heterocycles. The van der Waals surface area contributed by atoms with Crippen molar-refractivity contribution in [2.24, 2.45) is 5.14 Å². The van der Waals surface area contributed by atoms with Crippen LogP contribution in [0.2, 0.25) is 0 Å². The van der Waals surface area contributed by atoms with Crippen molar-refractivity contribution in [1.82, 2.24) is 15.2 Å². The molecule has 0 spiro atoms. The topological polar surface area (TPSA) is 131 Å². The van der Waals surface area contributed by atoms with Crippen molar-refractivity contribution in [2.45, 2.75) is 10.1 Å². The normalized spacial score (nSPS) is 11.3. The fraction of sp³-hybridized carbons (Fsp3) is 0.0625. The van der Waals surface area contributed by atoms with E-state index in [9.17, 15) is 13.2 Å². The van der Waals surface area contributed by atoms with Gasteiger partial charge in [0.15, 0.2) is 5.82 Å². The van der Waals surface area contributed by atoms with Crippen LogP contribution in [0.4, 0.5) is 5.69 Å². The minimum atomic E-state index is -3.76. The summed E-state index contributed by atoms with van der Waals surface area (Å²) in [4.78, 5) is 16.4. The molecule has 1 amide bonds. The molecule has 0 saturated carbocycles. The summed E-state index contributed by atoms with van der Waals surface area (Å²) in [5.41, 5.74) is 1.36. The van der Waals surface area contributed by atoms with E-state index in [2.05, 4.69) is 36.4 Å². The van der Waals surface area contributed by atoms with Gasteiger partial charge in [0.05, 0.1) is 10.6 Å². The van der Waals surface area contributed by atoms with E-state index in [1.807, 2.05) is 24.3 Å². The van der Waals surface area contributed by atoms with Crippen molar-refractivity contribution < 1.29 is 13.2 Å². The highest BCUT2D eigenvalue weighted by atomic mass is 79.9.